The molecule has 0 aliphatic carbocycles. The molecule has 0 radical (unpaired) electrons. The fraction of sp³-hybridized carbons (Fsp3) is 0.300. The van der Waals surface area contributed by atoms with Gasteiger partial charge in [0.2, 0.25) is 0 Å². The Hall–Kier alpha value is -1.31. The SMILES string of the molecule is Cc1cccc(C(=N)N(C)C)c1. The van der Waals surface area contributed by atoms with Gasteiger partial charge in [-0.2, -0.15) is 0 Å². The number of benzene rings is 1. The summed E-state index contributed by atoms with van der Waals surface area (Å²) in [7, 11) is 3.76. The molecule has 1 rings (SSSR count). The van der Waals surface area contributed by atoms with Crippen LogP contribution in [0.3, 0.4) is 0 Å². The van der Waals surface area contributed by atoms with Gasteiger partial charge >= 0.3 is 0 Å². The van der Waals surface area contributed by atoms with Crippen molar-refractivity contribution in [3.8, 4) is 0 Å². The predicted octanol–water partition coefficient (Wildman–Crippen LogP) is 1.88. The minimum atomic E-state index is 0.554. The average molecular weight is 162 g/mol. The van der Waals surface area contributed by atoms with Gasteiger partial charge in [-0.3, -0.25) is 5.41 Å². The summed E-state index contributed by atoms with van der Waals surface area (Å²) in [5.74, 6) is 0.554. The third-order valence-electron chi connectivity index (χ3n) is 1.74. The number of hydrogen-bond donors (Lipinski definition) is 1. The number of hydrogen-bond acceptors (Lipinski definition) is 1. The first-order valence-corrected chi connectivity index (χ1v) is 3.94. The van der Waals surface area contributed by atoms with Gasteiger partial charge in [-0.25, -0.2) is 0 Å². The summed E-state index contributed by atoms with van der Waals surface area (Å²) >= 11 is 0. The molecule has 0 heterocycles. The number of nitrogens with one attached hydrogen (secondary N) is 1. The fourth-order valence-electron chi connectivity index (χ4n) is 1.05. The Labute approximate surface area is 73.3 Å². The van der Waals surface area contributed by atoms with Crippen molar-refractivity contribution >= 4 is 5.84 Å². The van der Waals surface area contributed by atoms with Gasteiger partial charge in [0.25, 0.3) is 0 Å². The highest BCUT2D eigenvalue weighted by Crippen LogP contribution is 2.05. The zero-order valence-electron chi connectivity index (χ0n) is 7.76. The maximum absolute atomic E-state index is 7.71. The van der Waals surface area contributed by atoms with Crippen LogP contribution in [0.4, 0.5) is 0 Å². The molecule has 1 aromatic carbocycles. The number of amidine groups is 1. The monoisotopic (exact) mass is 162 g/mol. The highest BCUT2D eigenvalue weighted by Gasteiger charge is 2.01. The maximum atomic E-state index is 7.71. The first-order chi connectivity index (χ1) is 5.61. The molecule has 0 saturated heterocycles. The Balaban J connectivity index is 2.96. The van der Waals surface area contributed by atoms with Gasteiger partial charge in [0.1, 0.15) is 5.84 Å². The molecule has 0 aromatic heterocycles. The number of rotatable bonds is 1. The largest absolute Gasteiger partial charge is 0.363 e. The highest BCUT2D eigenvalue weighted by atomic mass is 15.1. The molecule has 0 unspecified atom stereocenters. The summed E-state index contributed by atoms with van der Waals surface area (Å²) < 4.78 is 0. The lowest BCUT2D eigenvalue weighted by molar-refractivity contribution is 0.619. The lowest BCUT2D eigenvalue weighted by Crippen LogP contribution is -2.21. The van der Waals surface area contributed by atoms with Crippen molar-refractivity contribution in [2.45, 2.75) is 6.92 Å². The van der Waals surface area contributed by atoms with E-state index in [-0.39, 0.29) is 0 Å². The van der Waals surface area contributed by atoms with E-state index in [0.717, 1.165) is 5.56 Å². The van der Waals surface area contributed by atoms with Crippen LogP contribution in [0.15, 0.2) is 24.3 Å². The van der Waals surface area contributed by atoms with Crippen molar-refractivity contribution in [3.05, 3.63) is 35.4 Å². The molecule has 64 valence electrons. The number of aryl methyl sites for hydroxylation is 1. The zero-order valence-corrected chi connectivity index (χ0v) is 7.76. The Morgan fingerprint density at radius 3 is 2.50 bits per heavy atom. The minimum absolute atomic E-state index is 0.554. The van der Waals surface area contributed by atoms with E-state index in [1.54, 1.807) is 4.90 Å². The van der Waals surface area contributed by atoms with Crippen LogP contribution in [0.2, 0.25) is 0 Å². The second-order valence-corrected chi connectivity index (χ2v) is 3.11. The van der Waals surface area contributed by atoms with E-state index in [9.17, 15) is 0 Å². The molecule has 0 aliphatic rings. The standard InChI is InChI=1S/C10H14N2/c1-8-5-4-6-9(7-8)10(11)12(2)3/h4-7,11H,1-3H3. The minimum Gasteiger partial charge on any atom is -0.363 e. The molecule has 2 heteroatoms. The maximum Gasteiger partial charge on any atom is 0.127 e. The van der Waals surface area contributed by atoms with Crippen LogP contribution < -0.4 is 0 Å². The summed E-state index contributed by atoms with van der Waals surface area (Å²) in [6, 6.07) is 7.98. The molecule has 1 aromatic rings. The Morgan fingerprint density at radius 2 is 2.00 bits per heavy atom. The van der Waals surface area contributed by atoms with Gasteiger partial charge in [0.15, 0.2) is 0 Å². The van der Waals surface area contributed by atoms with Crippen LogP contribution >= 0.6 is 0 Å². The van der Waals surface area contributed by atoms with Gasteiger partial charge in [0, 0.05) is 19.7 Å². The molecule has 0 amide bonds. The summed E-state index contributed by atoms with van der Waals surface area (Å²) in [6.07, 6.45) is 0. The third kappa shape index (κ3) is 1.84. The summed E-state index contributed by atoms with van der Waals surface area (Å²) in [4.78, 5) is 1.80. The van der Waals surface area contributed by atoms with E-state index >= 15 is 0 Å². The molecule has 0 spiro atoms. The van der Waals surface area contributed by atoms with Crippen LogP contribution in [-0.2, 0) is 0 Å². The van der Waals surface area contributed by atoms with Crippen molar-refractivity contribution in [1.29, 1.82) is 5.41 Å². The van der Waals surface area contributed by atoms with Crippen molar-refractivity contribution in [2.24, 2.45) is 0 Å². The van der Waals surface area contributed by atoms with Crippen LogP contribution in [-0.4, -0.2) is 24.8 Å². The molecule has 1 N–H and O–H groups in total. The zero-order chi connectivity index (χ0) is 9.14. The lowest BCUT2D eigenvalue weighted by atomic mass is 10.1. The van der Waals surface area contributed by atoms with E-state index < -0.39 is 0 Å². The Kier molecular flexibility index (Phi) is 2.48. The van der Waals surface area contributed by atoms with E-state index in [1.165, 1.54) is 5.56 Å². The number of nitrogens with zero attached hydrogens (tertiary/aromatic N) is 1. The van der Waals surface area contributed by atoms with Crippen LogP contribution in [0.1, 0.15) is 11.1 Å². The molecule has 0 fully saturated rings. The quantitative estimate of drug-likeness (QED) is 0.495. The second kappa shape index (κ2) is 3.39. The molecular weight excluding hydrogens is 148 g/mol. The van der Waals surface area contributed by atoms with Gasteiger partial charge < -0.3 is 4.90 Å². The molecule has 2 nitrogen and oxygen atoms in total. The topological polar surface area (TPSA) is 27.1 Å². The van der Waals surface area contributed by atoms with Crippen LogP contribution in [0, 0.1) is 12.3 Å². The second-order valence-electron chi connectivity index (χ2n) is 3.11. The van der Waals surface area contributed by atoms with E-state index in [4.69, 9.17) is 5.41 Å². The smallest absolute Gasteiger partial charge is 0.127 e. The van der Waals surface area contributed by atoms with Crippen LogP contribution in [0.25, 0.3) is 0 Å². The fourth-order valence-corrected chi connectivity index (χ4v) is 1.05. The van der Waals surface area contributed by atoms with Crippen molar-refractivity contribution < 1.29 is 0 Å². The summed E-state index contributed by atoms with van der Waals surface area (Å²) in [6.45, 7) is 2.03. The molecule has 0 bridgehead atoms. The van der Waals surface area contributed by atoms with E-state index in [2.05, 4.69) is 0 Å². The Bertz CT molecular complexity index is 290. The lowest BCUT2D eigenvalue weighted by Gasteiger charge is -2.13. The average Bonchev–Trinajstić information content (AvgIpc) is 2.03. The van der Waals surface area contributed by atoms with Crippen molar-refractivity contribution in [3.63, 3.8) is 0 Å². The first kappa shape index (κ1) is 8.78. The summed E-state index contributed by atoms with van der Waals surface area (Å²) in [5, 5.41) is 7.71. The van der Waals surface area contributed by atoms with Gasteiger partial charge in [-0.05, 0) is 13.0 Å². The Morgan fingerprint density at radius 1 is 1.33 bits per heavy atom. The normalized spacial score (nSPS) is 9.58. The molecule has 0 atom stereocenters. The van der Waals surface area contributed by atoms with Gasteiger partial charge in [0.05, 0.1) is 0 Å². The third-order valence-corrected chi connectivity index (χ3v) is 1.74. The van der Waals surface area contributed by atoms with E-state index in [1.807, 2.05) is 45.3 Å². The van der Waals surface area contributed by atoms with E-state index in [0.29, 0.717) is 5.84 Å². The highest BCUT2D eigenvalue weighted by molar-refractivity contribution is 5.96. The van der Waals surface area contributed by atoms with Gasteiger partial charge in [-0.1, -0.05) is 23.8 Å². The molecule has 0 saturated carbocycles. The first-order valence-electron chi connectivity index (χ1n) is 3.94. The predicted molar refractivity (Wildman–Crippen MR) is 51.7 cm³/mol. The van der Waals surface area contributed by atoms with Crippen molar-refractivity contribution in [1.82, 2.24) is 4.90 Å². The van der Waals surface area contributed by atoms with Crippen LogP contribution in [0.5, 0.6) is 0 Å². The molecule has 12 heavy (non-hydrogen) atoms. The van der Waals surface area contributed by atoms with Gasteiger partial charge in [-0.15, -0.1) is 0 Å². The molecular formula is C10H14N2. The molecule has 0 aliphatic heterocycles. The van der Waals surface area contributed by atoms with Crippen molar-refractivity contribution in [2.75, 3.05) is 14.1 Å². The summed E-state index contributed by atoms with van der Waals surface area (Å²) in [5.41, 5.74) is 2.17.